The minimum absolute atomic E-state index is 0.109. The standard InChI is InChI=1S/C11H18N4O/c1-8(9-6-12-7-9)11(16)15-3-2-10-13-4-5-14-10/h4-5,8-9,12H,2-3,6-7H2,1H3,(H,13,14)(H,15,16). The van der Waals surface area contributed by atoms with Crippen molar-refractivity contribution in [2.75, 3.05) is 19.6 Å². The Morgan fingerprint density at radius 1 is 1.69 bits per heavy atom. The molecule has 5 heteroatoms. The molecule has 0 aromatic carbocycles. The number of aromatic amines is 1. The van der Waals surface area contributed by atoms with Crippen molar-refractivity contribution in [2.24, 2.45) is 11.8 Å². The number of amides is 1. The fourth-order valence-corrected chi connectivity index (χ4v) is 1.78. The topological polar surface area (TPSA) is 69.8 Å². The predicted molar refractivity (Wildman–Crippen MR) is 60.8 cm³/mol. The molecule has 88 valence electrons. The van der Waals surface area contributed by atoms with Crippen molar-refractivity contribution in [1.29, 1.82) is 0 Å². The zero-order valence-corrected chi connectivity index (χ0v) is 9.49. The Hall–Kier alpha value is -1.36. The minimum atomic E-state index is 0.109. The SMILES string of the molecule is CC(C(=O)NCCc1ncc[nH]1)C1CNC1. The molecule has 16 heavy (non-hydrogen) atoms. The number of carbonyl (C=O) groups excluding carboxylic acids is 1. The van der Waals surface area contributed by atoms with Crippen LogP contribution in [0, 0.1) is 11.8 Å². The summed E-state index contributed by atoms with van der Waals surface area (Å²) in [6, 6.07) is 0. The van der Waals surface area contributed by atoms with Gasteiger partial charge >= 0.3 is 0 Å². The first-order valence-electron chi connectivity index (χ1n) is 5.74. The van der Waals surface area contributed by atoms with E-state index in [-0.39, 0.29) is 11.8 Å². The molecule has 0 saturated carbocycles. The first-order valence-corrected chi connectivity index (χ1v) is 5.74. The highest BCUT2D eigenvalue weighted by molar-refractivity contribution is 5.78. The number of nitrogens with zero attached hydrogens (tertiary/aromatic N) is 1. The van der Waals surface area contributed by atoms with E-state index in [1.165, 1.54) is 0 Å². The maximum Gasteiger partial charge on any atom is 0.223 e. The first kappa shape index (κ1) is 11.1. The van der Waals surface area contributed by atoms with Crippen molar-refractivity contribution in [1.82, 2.24) is 20.6 Å². The zero-order valence-electron chi connectivity index (χ0n) is 9.49. The van der Waals surface area contributed by atoms with Gasteiger partial charge in [0.15, 0.2) is 0 Å². The third kappa shape index (κ3) is 2.61. The molecule has 1 amide bonds. The van der Waals surface area contributed by atoms with Crippen LogP contribution in [0.5, 0.6) is 0 Å². The molecular weight excluding hydrogens is 204 g/mol. The summed E-state index contributed by atoms with van der Waals surface area (Å²) in [4.78, 5) is 18.9. The van der Waals surface area contributed by atoms with E-state index in [1.54, 1.807) is 12.4 Å². The van der Waals surface area contributed by atoms with Crippen LogP contribution < -0.4 is 10.6 Å². The maximum atomic E-state index is 11.7. The molecule has 0 radical (unpaired) electrons. The van der Waals surface area contributed by atoms with E-state index in [1.807, 2.05) is 6.92 Å². The smallest absolute Gasteiger partial charge is 0.223 e. The van der Waals surface area contributed by atoms with Crippen LogP contribution in [0.25, 0.3) is 0 Å². The number of hydrogen-bond acceptors (Lipinski definition) is 3. The summed E-state index contributed by atoms with van der Waals surface area (Å²) in [6.45, 7) is 4.57. The largest absolute Gasteiger partial charge is 0.355 e. The molecule has 1 fully saturated rings. The molecule has 3 N–H and O–H groups in total. The summed E-state index contributed by atoms with van der Waals surface area (Å²) in [5, 5.41) is 6.12. The van der Waals surface area contributed by atoms with Crippen LogP contribution in [0.3, 0.4) is 0 Å². The summed E-state index contributed by atoms with van der Waals surface area (Å²) in [5.41, 5.74) is 0. The van der Waals surface area contributed by atoms with Gasteiger partial charge in [0.1, 0.15) is 5.82 Å². The van der Waals surface area contributed by atoms with Gasteiger partial charge in [-0.1, -0.05) is 6.92 Å². The lowest BCUT2D eigenvalue weighted by Crippen LogP contribution is -2.49. The van der Waals surface area contributed by atoms with Gasteiger partial charge in [-0.3, -0.25) is 4.79 Å². The molecule has 1 aromatic rings. The van der Waals surface area contributed by atoms with Crippen LogP contribution in [-0.4, -0.2) is 35.5 Å². The number of H-pyrrole nitrogens is 1. The van der Waals surface area contributed by atoms with Crippen molar-refractivity contribution in [2.45, 2.75) is 13.3 Å². The van der Waals surface area contributed by atoms with Gasteiger partial charge in [-0.2, -0.15) is 0 Å². The van der Waals surface area contributed by atoms with E-state index in [2.05, 4.69) is 20.6 Å². The minimum Gasteiger partial charge on any atom is -0.355 e. The maximum absolute atomic E-state index is 11.7. The summed E-state index contributed by atoms with van der Waals surface area (Å²) in [5.74, 6) is 1.68. The highest BCUT2D eigenvalue weighted by atomic mass is 16.1. The normalized spacial score (nSPS) is 17.8. The van der Waals surface area contributed by atoms with Gasteiger partial charge in [0.2, 0.25) is 5.91 Å². The Morgan fingerprint density at radius 3 is 3.06 bits per heavy atom. The van der Waals surface area contributed by atoms with E-state index >= 15 is 0 Å². The molecule has 1 unspecified atom stereocenters. The third-order valence-electron chi connectivity index (χ3n) is 3.15. The van der Waals surface area contributed by atoms with E-state index in [4.69, 9.17) is 0 Å². The highest BCUT2D eigenvalue weighted by Gasteiger charge is 2.28. The summed E-state index contributed by atoms with van der Waals surface area (Å²) in [6.07, 6.45) is 4.27. The molecule has 1 aromatic heterocycles. The van der Waals surface area contributed by atoms with Crippen LogP contribution >= 0.6 is 0 Å². The Balaban J connectivity index is 1.67. The van der Waals surface area contributed by atoms with Gasteiger partial charge in [0.05, 0.1) is 0 Å². The first-order chi connectivity index (χ1) is 7.77. The summed E-state index contributed by atoms with van der Waals surface area (Å²) >= 11 is 0. The Morgan fingerprint density at radius 2 is 2.50 bits per heavy atom. The van der Waals surface area contributed by atoms with Crippen molar-refractivity contribution < 1.29 is 4.79 Å². The number of imidazole rings is 1. The summed E-state index contributed by atoms with van der Waals surface area (Å²) < 4.78 is 0. The van der Waals surface area contributed by atoms with Gasteiger partial charge in [0.25, 0.3) is 0 Å². The van der Waals surface area contributed by atoms with Gasteiger partial charge in [0, 0.05) is 31.3 Å². The predicted octanol–water partition coefficient (Wildman–Crippen LogP) is -0.0761. The molecular formula is C11H18N4O. The second-order valence-electron chi connectivity index (χ2n) is 4.28. The third-order valence-corrected chi connectivity index (χ3v) is 3.15. The van der Waals surface area contributed by atoms with Gasteiger partial charge in [-0.25, -0.2) is 4.98 Å². The fraction of sp³-hybridized carbons (Fsp3) is 0.636. The lowest BCUT2D eigenvalue weighted by Gasteiger charge is -2.31. The molecule has 0 spiro atoms. The van der Waals surface area contributed by atoms with Gasteiger partial charge < -0.3 is 15.6 Å². The number of aromatic nitrogens is 2. The van der Waals surface area contributed by atoms with Gasteiger partial charge in [-0.05, 0) is 19.0 Å². The number of rotatable bonds is 5. The average molecular weight is 222 g/mol. The average Bonchev–Trinajstić information content (AvgIpc) is 2.67. The van der Waals surface area contributed by atoms with Crippen LogP contribution in [0.4, 0.5) is 0 Å². The van der Waals surface area contributed by atoms with E-state index in [0.29, 0.717) is 12.5 Å². The van der Waals surface area contributed by atoms with Crippen molar-refractivity contribution >= 4 is 5.91 Å². The second-order valence-corrected chi connectivity index (χ2v) is 4.28. The summed E-state index contributed by atoms with van der Waals surface area (Å²) in [7, 11) is 0. The van der Waals surface area contributed by atoms with E-state index in [9.17, 15) is 4.79 Å². The number of carbonyl (C=O) groups is 1. The molecule has 2 heterocycles. The van der Waals surface area contributed by atoms with Crippen molar-refractivity contribution in [3.05, 3.63) is 18.2 Å². The molecule has 5 nitrogen and oxygen atoms in total. The Labute approximate surface area is 95.0 Å². The van der Waals surface area contributed by atoms with E-state index in [0.717, 1.165) is 25.3 Å². The Bertz CT molecular complexity index is 332. The molecule has 0 bridgehead atoms. The lowest BCUT2D eigenvalue weighted by molar-refractivity contribution is -0.126. The van der Waals surface area contributed by atoms with Crippen molar-refractivity contribution in [3.63, 3.8) is 0 Å². The lowest BCUT2D eigenvalue weighted by atomic mass is 9.88. The molecule has 1 atom stereocenters. The van der Waals surface area contributed by atoms with E-state index < -0.39 is 0 Å². The zero-order chi connectivity index (χ0) is 11.4. The number of hydrogen-bond donors (Lipinski definition) is 3. The quantitative estimate of drug-likeness (QED) is 0.653. The van der Waals surface area contributed by atoms with Crippen LogP contribution in [-0.2, 0) is 11.2 Å². The highest BCUT2D eigenvalue weighted by Crippen LogP contribution is 2.15. The Kier molecular flexibility index (Phi) is 3.56. The molecule has 1 aliphatic rings. The molecule has 0 aliphatic carbocycles. The van der Waals surface area contributed by atoms with Gasteiger partial charge in [-0.15, -0.1) is 0 Å². The fourth-order valence-electron chi connectivity index (χ4n) is 1.78. The second kappa shape index (κ2) is 5.12. The van der Waals surface area contributed by atoms with Crippen LogP contribution in [0.1, 0.15) is 12.7 Å². The molecule has 2 rings (SSSR count). The molecule has 1 saturated heterocycles. The monoisotopic (exact) mass is 222 g/mol. The molecule has 1 aliphatic heterocycles. The van der Waals surface area contributed by atoms with Crippen LogP contribution in [0.2, 0.25) is 0 Å². The van der Waals surface area contributed by atoms with Crippen LogP contribution in [0.15, 0.2) is 12.4 Å². The van der Waals surface area contributed by atoms with Crippen molar-refractivity contribution in [3.8, 4) is 0 Å². The number of nitrogens with one attached hydrogen (secondary N) is 3.